The number of aromatic amines is 1. The first-order valence-electron chi connectivity index (χ1n) is 2.62. The Kier molecular flexibility index (Phi) is 1.40. The molecule has 1 aromatic rings. The summed E-state index contributed by atoms with van der Waals surface area (Å²) in [7, 11) is 0. The Hall–Kier alpha value is -1.03. The zero-order valence-corrected chi connectivity index (χ0v) is 5.00. The first-order chi connectivity index (χ1) is 4.20. The van der Waals surface area contributed by atoms with E-state index in [-0.39, 0.29) is 5.88 Å². The van der Waals surface area contributed by atoms with E-state index in [1.807, 2.05) is 0 Å². The third-order valence-electron chi connectivity index (χ3n) is 1.03. The summed E-state index contributed by atoms with van der Waals surface area (Å²) in [6.45, 7) is 1.59. The van der Waals surface area contributed by atoms with Crippen LogP contribution in [0.15, 0.2) is 6.07 Å². The highest BCUT2D eigenvalue weighted by Gasteiger charge is 2.02. The Bertz CT molecular complexity index is 195. The van der Waals surface area contributed by atoms with Gasteiger partial charge in [-0.2, -0.15) is 0 Å². The number of hydrogen-bond acceptors (Lipinski definition) is 3. The zero-order valence-electron chi connectivity index (χ0n) is 5.00. The Balaban J connectivity index is 2.85. The SMILES string of the molecule is C[C@H](O)c1cc(O)n[nH]1. The molecule has 0 amide bonds. The Morgan fingerprint density at radius 1 is 1.78 bits per heavy atom. The molecule has 0 bridgehead atoms. The second-order valence-corrected chi connectivity index (χ2v) is 1.86. The molecule has 9 heavy (non-hydrogen) atoms. The maximum atomic E-state index is 8.85. The van der Waals surface area contributed by atoms with Crippen LogP contribution in [-0.2, 0) is 0 Å². The molecule has 0 saturated carbocycles. The first-order valence-corrected chi connectivity index (χ1v) is 2.62. The number of rotatable bonds is 1. The highest BCUT2D eigenvalue weighted by atomic mass is 16.3. The van der Waals surface area contributed by atoms with Crippen LogP contribution in [0.5, 0.6) is 5.88 Å². The minimum absolute atomic E-state index is 0.0918. The van der Waals surface area contributed by atoms with Crippen molar-refractivity contribution in [1.29, 1.82) is 0 Å². The third-order valence-corrected chi connectivity index (χ3v) is 1.03. The average Bonchev–Trinajstić information content (AvgIpc) is 2.14. The standard InChI is InChI=1S/C5H8N2O2/c1-3(8)4-2-5(9)7-6-4/h2-3,8H,1H3,(H2,6,7,9)/t3-/m0/s1. The Morgan fingerprint density at radius 3 is 2.67 bits per heavy atom. The van der Waals surface area contributed by atoms with Gasteiger partial charge in [-0.1, -0.05) is 0 Å². The van der Waals surface area contributed by atoms with Crippen LogP contribution in [0.3, 0.4) is 0 Å². The van der Waals surface area contributed by atoms with Crippen LogP contribution in [-0.4, -0.2) is 20.4 Å². The predicted octanol–water partition coefficient (Wildman–Crippen LogP) is 0.169. The lowest BCUT2D eigenvalue weighted by Gasteiger charge is -1.94. The van der Waals surface area contributed by atoms with Crippen molar-refractivity contribution in [2.24, 2.45) is 0 Å². The molecule has 0 aliphatic rings. The summed E-state index contributed by atoms with van der Waals surface area (Å²) in [6, 6.07) is 1.38. The summed E-state index contributed by atoms with van der Waals surface area (Å²) < 4.78 is 0. The van der Waals surface area contributed by atoms with E-state index in [9.17, 15) is 0 Å². The van der Waals surface area contributed by atoms with Gasteiger partial charge in [0.2, 0.25) is 5.88 Å². The first kappa shape index (κ1) is 6.10. The quantitative estimate of drug-likeness (QED) is 0.505. The maximum Gasteiger partial charge on any atom is 0.230 e. The molecule has 4 heteroatoms. The van der Waals surface area contributed by atoms with Crippen molar-refractivity contribution in [3.8, 4) is 5.88 Å². The summed E-state index contributed by atoms with van der Waals surface area (Å²) in [5.74, 6) is -0.0918. The smallest absolute Gasteiger partial charge is 0.230 e. The average molecular weight is 128 g/mol. The molecule has 1 atom stereocenters. The molecule has 50 valence electrons. The molecule has 1 heterocycles. The van der Waals surface area contributed by atoms with Crippen LogP contribution < -0.4 is 0 Å². The summed E-state index contributed by atoms with van der Waals surface area (Å²) in [5.41, 5.74) is 0.521. The number of aliphatic hydroxyl groups excluding tert-OH is 1. The molecule has 1 rings (SSSR count). The van der Waals surface area contributed by atoms with Gasteiger partial charge < -0.3 is 10.2 Å². The van der Waals surface area contributed by atoms with E-state index in [0.29, 0.717) is 5.69 Å². The number of aromatic hydroxyl groups is 1. The van der Waals surface area contributed by atoms with Crippen molar-refractivity contribution in [1.82, 2.24) is 10.2 Å². The number of nitrogens with one attached hydrogen (secondary N) is 1. The fourth-order valence-electron chi connectivity index (χ4n) is 0.539. The Morgan fingerprint density at radius 2 is 2.44 bits per heavy atom. The van der Waals surface area contributed by atoms with Gasteiger partial charge in [0, 0.05) is 6.07 Å². The van der Waals surface area contributed by atoms with Gasteiger partial charge >= 0.3 is 0 Å². The summed E-state index contributed by atoms with van der Waals surface area (Å²) in [6.07, 6.45) is -0.599. The molecule has 1 aromatic heterocycles. The van der Waals surface area contributed by atoms with Crippen LogP contribution in [0.1, 0.15) is 18.7 Å². The van der Waals surface area contributed by atoms with E-state index in [1.54, 1.807) is 6.92 Å². The highest BCUT2D eigenvalue weighted by molar-refractivity contribution is 5.13. The van der Waals surface area contributed by atoms with Crippen molar-refractivity contribution < 1.29 is 10.2 Å². The van der Waals surface area contributed by atoms with E-state index >= 15 is 0 Å². The van der Waals surface area contributed by atoms with Crippen molar-refractivity contribution in [3.05, 3.63) is 11.8 Å². The fraction of sp³-hybridized carbons (Fsp3) is 0.400. The molecule has 0 aromatic carbocycles. The van der Waals surface area contributed by atoms with Crippen LogP contribution in [0.25, 0.3) is 0 Å². The predicted molar refractivity (Wildman–Crippen MR) is 30.9 cm³/mol. The lowest BCUT2D eigenvalue weighted by Crippen LogP contribution is -1.89. The molecule has 0 saturated heterocycles. The topological polar surface area (TPSA) is 69.1 Å². The highest BCUT2D eigenvalue weighted by Crippen LogP contribution is 2.12. The van der Waals surface area contributed by atoms with Crippen molar-refractivity contribution in [2.45, 2.75) is 13.0 Å². The molecule has 0 spiro atoms. The van der Waals surface area contributed by atoms with Gasteiger partial charge in [0.1, 0.15) is 0 Å². The molecule has 3 N–H and O–H groups in total. The lowest BCUT2D eigenvalue weighted by molar-refractivity contribution is 0.194. The van der Waals surface area contributed by atoms with E-state index in [0.717, 1.165) is 0 Å². The van der Waals surface area contributed by atoms with Crippen molar-refractivity contribution in [3.63, 3.8) is 0 Å². The summed E-state index contributed by atoms with van der Waals surface area (Å²) in [5, 5.41) is 23.4. The van der Waals surface area contributed by atoms with E-state index < -0.39 is 6.10 Å². The van der Waals surface area contributed by atoms with Crippen LogP contribution >= 0.6 is 0 Å². The summed E-state index contributed by atoms with van der Waals surface area (Å²) >= 11 is 0. The Labute approximate surface area is 52.1 Å². The van der Waals surface area contributed by atoms with Crippen molar-refractivity contribution >= 4 is 0 Å². The van der Waals surface area contributed by atoms with Gasteiger partial charge in [0.05, 0.1) is 11.8 Å². The summed E-state index contributed by atoms with van der Waals surface area (Å²) in [4.78, 5) is 0. The zero-order chi connectivity index (χ0) is 6.85. The number of hydrogen-bond donors (Lipinski definition) is 3. The van der Waals surface area contributed by atoms with Gasteiger partial charge in [-0.05, 0) is 6.92 Å². The molecule has 0 radical (unpaired) electrons. The number of aliphatic hydroxyl groups is 1. The van der Waals surface area contributed by atoms with Crippen molar-refractivity contribution in [2.75, 3.05) is 0 Å². The number of aromatic nitrogens is 2. The molecular weight excluding hydrogens is 120 g/mol. The van der Waals surface area contributed by atoms with Gasteiger partial charge in [-0.25, -0.2) is 0 Å². The molecule has 0 unspecified atom stereocenters. The normalized spacial score (nSPS) is 13.6. The second kappa shape index (κ2) is 2.06. The maximum absolute atomic E-state index is 8.85. The van der Waals surface area contributed by atoms with Gasteiger partial charge in [0.15, 0.2) is 0 Å². The number of H-pyrrole nitrogens is 1. The molecule has 0 fully saturated rings. The van der Waals surface area contributed by atoms with Gasteiger partial charge in [-0.3, -0.25) is 5.10 Å². The van der Waals surface area contributed by atoms with Crippen LogP contribution in [0.2, 0.25) is 0 Å². The molecule has 4 nitrogen and oxygen atoms in total. The minimum Gasteiger partial charge on any atom is -0.492 e. The van der Waals surface area contributed by atoms with Crippen LogP contribution in [0.4, 0.5) is 0 Å². The molecule has 0 aliphatic heterocycles. The van der Waals surface area contributed by atoms with E-state index in [4.69, 9.17) is 10.2 Å². The molecule has 0 aliphatic carbocycles. The van der Waals surface area contributed by atoms with Gasteiger partial charge in [-0.15, -0.1) is 5.10 Å². The lowest BCUT2D eigenvalue weighted by atomic mass is 10.3. The molecular formula is C5H8N2O2. The third kappa shape index (κ3) is 1.20. The van der Waals surface area contributed by atoms with Gasteiger partial charge in [0.25, 0.3) is 0 Å². The van der Waals surface area contributed by atoms with Crippen LogP contribution in [0, 0.1) is 0 Å². The van der Waals surface area contributed by atoms with E-state index in [2.05, 4.69) is 10.2 Å². The monoisotopic (exact) mass is 128 g/mol. The fourth-order valence-corrected chi connectivity index (χ4v) is 0.539. The second-order valence-electron chi connectivity index (χ2n) is 1.86. The number of nitrogens with zero attached hydrogens (tertiary/aromatic N) is 1. The largest absolute Gasteiger partial charge is 0.492 e. The van der Waals surface area contributed by atoms with E-state index in [1.165, 1.54) is 6.07 Å². The minimum atomic E-state index is -0.599.